The van der Waals surface area contributed by atoms with E-state index in [9.17, 15) is 9.59 Å². The number of hydrogen-bond donors (Lipinski definition) is 2. The second-order valence-corrected chi connectivity index (χ2v) is 5.01. The average molecular weight is 267 g/mol. The van der Waals surface area contributed by atoms with Crippen molar-refractivity contribution in [1.82, 2.24) is 10.2 Å². The predicted molar refractivity (Wildman–Crippen MR) is 70.2 cm³/mol. The zero-order chi connectivity index (χ0) is 13.7. The Morgan fingerprint density at radius 3 is 2.63 bits per heavy atom. The molecular weight excluding hydrogens is 246 g/mol. The molecule has 1 heterocycles. The predicted octanol–water partition coefficient (Wildman–Crippen LogP) is -0.745. The zero-order valence-electron chi connectivity index (χ0n) is 11.0. The molecule has 0 aromatic carbocycles. The lowest BCUT2D eigenvalue weighted by molar-refractivity contribution is -0.126. The highest BCUT2D eigenvalue weighted by Gasteiger charge is 2.28. The fourth-order valence-corrected chi connectivity index (χ4v) is 2.50. The van der Waals surface area contributed by atoms with E-state index in [1.807, 2.05) is 12.2 Å². The Kier molecular flexibility index (Phi) is 4.93. The Morgan fingerprint density at radius 2 is 1.95 bits per heavy atom. The maximum Gasteiger partial charge on any atom is 0.234 e. The molecule has 0 unspecified atom stereocenters. The summed E-state index contributed by atoms with van der Waals surface area (Å²) in [7, 11) is 0. The van der Waals surface area contributed by atoms with Gasteiger partial charge in [-0.05, 0) is 12.8 Å². The normalized spacial score (nSPS) is 28.0. The lowest BCUT2D eigenvalue weighted by Gasteiger charge is -2.29. The van der Waals surface area contributed by atoms with Gasteiger partial charge in [0.25, 0.3) is 0 Å². The summed E-state index contributed by atoms with van der Waals surface area (Å²) in [6.07, 6.45) is 5.21. The SMILES string of the molecule is NC(=O)[C@@H]1CC=CC[C@H]1NC(=O)CN1CCOCC1. The van der Waals surface area contributed by atoms with E-state index in [-0.39, 0.29) is 23.8 Å². The van der Waals surface area contributed by atoms with Crippen molar-refractivity contribution in [3.05, 3.63) is 12.2 Å². The van der Waals surface area contributed by atoms with Crippen molar-refractivity contribution in [3.8, 4) is 0 Å². The number of rotatable bonds is 4. The van der Waals surface area contributed by atoms with Gasteiger partial charge in [0.05, 0.1) is 25.7 Å². The molecule has 2 atom stereocenters. The van der Waals surface area contributed by atoms with Gasteiger partial charge in [-0.3, -0.25) is 14.5 Å². The number of nitrogens with zero attached hydrogens (tertiary/aromatic N) is 1. The minimum Gasteiger partial charge on any atom is -0.379 e. The molecule has 0 radical (unpaired) electrons. The third-order valence-corrected chi connectivity index (χ3v) is 3.62. The third kappa shape index (κ3) is 4.04. The molecule has 106 valence electrons. The summed E-state index contributed by atoms with van der Waals surface area (Å²) in [5.74, 6) is -0.687. The van der Waals surface area contributed by atoms with E-state index in [0.717, 1.165) is 13.1 Å². The van der Waals surface area contributed by atoms with Crippen LogP contribution >= 0.6 is 0 Å². The van der Waals surface area contributed by atoms with Gasteiger partial charge in [-0.2, -0.15) is 0 Å². The Hall–Kier alpha value is -1.40. The van der Waals surface area contributed by atoms with Gasteiger partial charge in [-0.15, -0.1) is 0 Å². The van der Waals surface area contributed by atoms with Crippen molar-refractivity contribution in [2.45, 2.75) is 18.9 Å². The Morgan fingerprint density at radius 1 is 1.26 bits per heavy atom. The van der Waals surface area contributed by atoms with Crippen LogP contribution in [0.25, 0.3) is 0 Å². The summed E-state index contributed by atoms with van der Waals surface area (Å²) >= 11 is 0. The number of nitrogens with two attached hydrogens (primary N) is 1. The summed E-state index contributed by atoms with van der Waals surface area (Å²) in [6.45, 7) is 3.25. The number of ether oxygens (including phenoxy) is 1. The standard InChI is InChI=1S/C13H21N3O3/c14-13(18)10-3-1-2-4-11(10)15-12(17)9-16-5-7-19-8-6-16/h1-2,10-11H,3-9H2,(H2,14,18)(H,15,17)/t10-,11-/m1/s1. The van der Waals surface area contributed by atoms with Crippen LogP contribution in [0.3, 0.4) is 0 Å². The van der Waals surface area contributed by atoms with Crippen LogP contribution < -0.4 is 11.1 Å². The molecule has 6 nitrogen and oxygen atoms in total. The summed E-state index contributed by atoms with van der Waals surface area (Å²) < 4.78 is 5.24. The van der Waals surface area contributed by atoms with Crippen LogP contribution in [0.4, 0.5) is 0 Å². The van der Waals surface area contributed by atoms with Crippen molar-refractivity contribution in [3.63, 3.8) is 0 Å². The molecule has 3 N–H and O–H groups in total. The molecular formula is C13H21N3O3. The molecule has 2 aliphatic rings. The number of carbonyl (C=O) groups excluding carboxylic acids is 2. The second kappa shape index (κ2) is 6.68. The molecule has 0 saturated carbocycles. The number of morpholine rings is 1. The molecule has 1 aliphatic carbocycles. The molecule has 1 fully saturated rings. The molecule has 6 heteroatoms. The van der Waals surface area contributed by atoms with Crippen molar-refractivity contribution in [2.24, 2.45) is 11.7 Å². The highest BCUT2D eigenvalue weighted by molar-refractivity contribution is 5.81. The Balaban J connectivity index is 1.83. The number of allylic oxidation sites excluding steroid dienone is 1. The summed E-state index contributed by atoms with van der Waals surface area (Å²) in [5.41, 5.74) is 5.37. The average Bonchev–Trinajstić information content (AvgIpc) is 2.40. The summed E-state index contributed by atoms with van der Waals surface area (Å²) in [5, 5.41) is 2.92. The maximum absolute atomic E-state index is 12.0. The first kappa shape index (κ1) is 14.0. The van der Waals surface area contributed by atoms with E-state index >= 15 is 0 Å². The van der Waals surface area contributed by atoms with E-state index in [2.05, 4.69) is 10.2 Å². The number of carbonyl (C=O) groups is 2. The van der Waals surface area contributed by atoms with E-state index in [4.69, 9.17) is 10.5 Å². The van der Waals surface area contributed by atoms with Gasteiger partial charge < -0.3 is 15.8 Å². The van der Waals surface area contributed by atoms with Crippen molar-refractivity contribution >= 4 is 11.8 Å². The maximum atomic E-state index is 12.0. The summed E-state index contributed by atoms with van der Waals surface area (Å²) in [6, 6.07) is -0.170. The Bertz CT molecular complexity index is 364. The molecule has 0 bridgehead atoms. The Labute approximate surface area is 113 Å². The van der Waals surface area contributed by atoms with E-state index in [1.165, 1.54) is 0 Å². The molecule has 0 aromatic rings. The highest BCUT2D eigenvalue weighted by atomic mass is 16.5. The first-order valence-electron chi connectivity index (χ1n) is 6.70. The number of hydrogen-bond acceptors (Lipinski definition) is 4. The van der Waals surface area contributed by atoms with Gasteiger partial charge in [0.2, 0.25) is 11.8 Å². The highest BCUT2D eigenvalue weighted by Crippen LogP contribution is 2.18. The monoisotopic (exact) mass is 267 g/mol. The number of nitrogens with one attached hydrogen (secondary N) is 1. The van der Waals surface area contributed by atoms with Crippen LogP contribution in [0.5, 0.6) is 0 Å². The van der Waals surface area contributed by atoms with Crippen LogP contribution in [0.15, 0.2) is 12.2 Å². The first-order valence-corrected chi connectivity index (χ1v) is 6.70. The van der Waals surface area contributed by atoms with Gasteiger partial charge in [0.15, 0.2) is 0 Å². The van der Waals surface area contributed by atoms with Gasteiger partial charge >= 0.3 is 0 Å². The number of amides is 2. The third-order valence-electron chi connectivity index (χ3n) is 3.62. The van der Waals surface area contributed by atoms with Crippen molar-refractivity contribution in [2.75, 3.05) is 32.8 Å². The van der Waals surface area contributed by atoms with Crippen molar-refractivity contribution in [1.29, 1.82) is 0 Å². The largest absolute Gasteiger partial charge is 0.379 e. The van der Waals surface area contributed by atoms with Gasteiger partial charge in [-0.1, -0.05) is 12.2 Å². The van der Waals surface area contributed by atoms with Crippen LogP contribution in [-0.2, 0) is 14.3 Å². The summed E-state index contributed by atoms with van der Waals surface area (Å²) in [4.78, 5) is 25.4. The minimum atomic E-state index is -0.346. The fraction of sp³-hybridized carbons (Fsp3) is 0.692. The van der Waals surface area contributed by atoms with Gasteiger partial charge in [-0.25, -0.2) is 0 Å². The van der Waals surface area contributed by atoms with E-state index < -0.39 is 0 Å². The van der Waals surface area contributed by atoms with Crippen LogP contribution in [0, 0.1) is 5.92 Å². The van der Waals surface area contributed by atoms with E-state index in [0.29, 0.717) is 32.6 Å². The van der Waals surface area contributed by atoms with Crippen LogP contribution in [0.2, 0.25) is 0 Å². The molecule has 2 rings (SSSR count). The van der Waals surface area contributed by atoms with Gasteiger partial charge in [0, 0.05) is 19.1 Å². The molecule has 1 saturated heterocycles. The van der Waals surface area contributed by atoms with Gasteiger partial charge in [0.1, 0.15) is 0 Å². The topological polar surface area (TPSA) is 84.7 Å². The van der Waals surface area contributed by atoms with Crippen LogP contribution in [-0.4, -0.2) is 55.6 Å². The van der Waals surface area contributed by atoms with Crippen molar-refractivity contribution < 1.29 is 14.3 Å². The zero-order valence-corrected chi connectivity index (χ0v) is 11.0. The lowest BCUT2D eigenvalue weighted by Crippen LogP contribution is -2.50. The lowest BCUT2D eigenvalue weighted by atomic mass is 9.88. The quantitative estimate of drug-likeness (QED) is 0.657. The molecule has 2 amide bonds. The first-order chi connectivity index (χ1) is 9.16. The minimum absolute atomic E-state index is 0.0477. The smallest absolute Gasteiger partial charge is 0.234 e. The fourth-order valence-electron chi connectivity index (χ4n) is 2.50. The number of primary amides is 1. The molecule has 0 aromatic heterocycles. The molecule has 1 aliphatic heterocycles. The molecule has 19 heavy (non-hydrogen) atoms. The second-order valence-electron chi connectivity index (χ2n) is 5.01. The van der Waals surface area contributed by atoms with E-state index in [1.54, 1.807) is 0 Å². The molecule has 0 spiro atoms. The van der Waals surface area contributed by atoms with Crippen LogP contribution in [0.1, 0.15) is 12.8 Å².